The average Bonchev–Trinajstić information content (AvgIpc) is 3.20. The molecule has 1 atom stereocenters. The number of benzene rings is 3. The molecule has 0 saturated heterocycles. The third-order valence-electron chi connectivity index (χ3n) is 5.25. The number of hydrogen-bond acceptors (Lipinski definition) is 4. The minimum Gasteiger partial charge on any atom is -0.380 e. The van der Waals surface area contributed by atoms with E-state index in [-0.39, 0.29) is 16.3 Å². The molecule has 0 saturated carbocycles. The monoisotopic (exact) mass is 474 g/mol. The number of nitrogens with zero attached hydrogens (tertiary/aromatic N) is 3. The van der Waals surface area contributed by atoms with Crippen molar-refractivity contribution in [3.8, 4) is 11.8 Å². The van der Waals surface area contributed by atoms with E-state index in [1.165, 1.54) is 65.5 Å². The SMILES string of the molecule is N#Cc1c(Cl)cccc1NCC(O)(c1ccc2c(cnn2-c2ccc(F)cc2)c1)C(F)(F)F. The van der Waals surface area contributed by atoms with Gasteiger partial charge in [-0.3, -0.25) is 0 Å². The molecule has 0 aliphatic heterocycles. The fourth-order valence-corrected chi connectivity index (χ4v) is 3.67. The summed E-state index contributed by atoms with van der Waals surface area (Å²) in [6, 6.07) is 15.4. The van der Waals surface area contributed by atoms with Gasteiger partial charge in [0.1, 0.15) is 11.9 Å². The van der Waals surface area contributed by atoms with Gasteiger partial charge >= 0.3 is 6.18 Å². The molecule has 0 spiro atoms. The highest BCUT2D eigenvalue weighted by atomic mass is 35.5. The number of aliphatic hydroxyl groups is 1. The topological polar surface area (TPSA) is 73.9 Å². The molecule has 0 amide bonds. The Balaban J connectivity index is 1.72. The van der Waals surface area contributed by atoms with Gasteiger partial charge in [0.25, 0.3) is 0 Å². The van der Waals surface area contributed by atoms with Crippen molar-refractivity contribution in [1.29, 1.82) is 5.26 Å². The summed E-state index contributed by atoms with van der Waals surface area (Å²) in [5, 5.41) is 27.1. The largest absolute Gasteiger partial charge is 0.423 e. The first-order valence-electron chi connectivity index (χ1n) is 9.60. The van der Waals surface area contributed by atoms with Crippen molar-refractivity contribution in [1.82, 2.24) is 9.78 Å². The van der Waals surface area contributed by atoms with Gasteiger partial charge in [0, 0.05) is 5.39 Å². The molecule has 1 unspecified atom stereocenters. The molecule has 4 rings (SSSR count). The number of fused-ring (bicyclic) bond motifs is 1. The Morgan fingerprint density at radius 2 is 1.82 bits per heavy atom. The van der Waals surface area contributed by atoms with Crippen LogP contribution in [0, 0.1) is 17.1 Å². The fourth-order valence-electron chi connectivity index (χ4n) is 3.45. The van der Waals surface area contributed by atoms with E-state index in [0.717, 1.165) is 6.07 Å². The predicted molar refractivity (Wildman–Crippen MR) is 116 cm³/mol. The third-order valence-corrected chi connectivity index (χ3v) is 5.56. The van der Waals surface area contributed by atoms with Crippen LogP contribution < -0.4 is 5.32 Å². The maximum Gasteiger partial charge on any atom is 0.423 e. The maximum absolute atomic E-state index is 14.0. The summed E-state index contributed by atoms with van der Waals surface area (Å²) in [7, 11) is 0. The number of hydrogen-bond donors (Lipinski definition) is 2. The molecular formula is C23H15ClF4N4O. The molecular weight excluding hydrogens is 460 g/mol. The van der Waals surface area contributed by atoms with Gasteiger partial charge in [-0.15, -0.1) is 0 Å². The Morgan fingerprint density at radius 3 is 2.48 bits per heavy atom. The zero-order chi connectivity index (χ0) is 23.8. The number of aromatic nitrogens is 2. The fraction of sp³-hybridized carbons (Fsp3) is 0.130. The standard InChI is InChI=1S/C23H15ClF4N4O/c24-19-2-1-3-20(18(19)11-29)30-13-22(33,23(26,27)28)15-4-9-21-14(10-15)12-31-32(21)17-7-5-16(25)6-8-17/h1-10,12,30,33H,13H2. The zero-order valence-corrected chi connectivity index (χ0v) is 17.5. The Kier molecular flexibility index (Phi) is 5.74. The molecule has 1 aromatic heterocycles. The smallest absolute Gasteiger partial charge is 0.380 e. The summed E-state index contributed by atoms with van der Waals surface area (Å²) >= 11 is 5.94. The normalized spacial score (nSPS) is 13.5. The van der Waals surface area contributed by atoms with Crippen LogP contribution in [0.25, 0.3) is 16.6 Å². The molecule has 0 bridgehead atoms. The number of rotatable bonds is 5. The molecule has 0 aliphatic rings. The number of halogens is 5. The highest BCUT2D eigenvalue weighted by molar-refractivity contribution is 6.32. The number of alkyl halides is 3. The van der Waals surface area contributed by atoms with E-state index < -0.39 is 29.7 Å². The van der Waals surface area contributed by atoms with Crippen LogP contribution in [-0.2, 0) is 5.60 Å². The van der Waals surface area contributed by atoms with E-state index in [2.05, 4.69) is 10.4 Å². The summed E-state index contributed by atoms with van der Waals surface area (Å²) in [4.78, 5) is 0. The van der Waals surface area contributed by atoms with Crippen molar-refractivity contribution in [2.75, 3.05) is 11.9 Å². The molecule has 0 radical (unpaired) electrons. The Labute approximate surface area is 190 Å². The van der Waals surface area contributed by atoms with Crippen LogP contribution in [0.1, 0.15) is 11.1 Å². The number of nitrogens with one attached hydrogen (secondary N) is 1. The second-order valence-corrected chi connectivity index (χ2v) is 7.70. The first-order valence-corrected chi connectivity index (χ1v) is 9.97. The van der Waals surface area contributed by atoms with Gasteiger partial charge < -0.3 is 10.4 Å². The quantitative estimate of drug-likeness (QED) is 0.372. The van der Waals surface area contributed by atoms with Crippen molar-refractivity contribution in [3.63, 3.8) is 0 Å². The van der Waals surface area contributed by atoms with E-state index >= 15 is 0 Å². The molecule has 5 nitrogen and oxygen atoms in total. The molecule has 168 valence electrons. The van der Waals surface area contributed by atoms with E-state index in [9.17, 15) is 27.9 Å². The molecule has 0 fully saturated rings. The van der Waals surface area contributed by atoms with Crippen molar-refractivity contribution in [2.24, 2.45) is 0 Å². The zero-order valence-electron chi connectivity index (χ0n) is 16.7. The van der Waals surface area contributed by atoms with Crippen LogP contribution in [0.5, 0.6) is 0 Å². The second-order valence-electron chi connectivity index (χ2n) is 7.29. The second kappa shape index (κ2) is 8.39. The Hall–Kier alpha value is -3.61. The number of anilines is 1. The summed E-state index contributed by atoms with van der Waals surface area (Å²) in [5.74, 6) is -0.431. The van der Waals surface area contributed by atoms with E-state index in [1.807, 2.05) is 6.07 Å². The highest BCUT2D eigenvalue weighted by Crippen LogP contribution is 2.40. The van der Waals surface area contributed by atoms with E-state index in [0.29, 0.717) is 16.6 Å². The van der Waals surface area contributed by atoms with Crippen LogP contribution >= 0.6 is 11.6 Å². The third kappa shape index (κ3) is 4.11. The molecule has 10 heteroatoms. The van der Waals surface area contributed by atoms with Gasteiger partial charge in [0.2, 0.25) is 5.60 Å². The highest BCUT2D eigenvalue weighted by Gasteiger charge is 2.55. The first-order chi connectivity index (χ1) is 15.6. The molecule has 3 aromatic carbocycles. The molecule has 1 heterocycles. The Morgan fingerprint density at radius 1 is 1.09 bits per heavy atom. The van der Waals surface area contributed by atoms with Crippen LogP contribution in [0.2, 0.25) is 5.02 Å². The van der Waals surface area contributed by atoms with Crippen molar-refractivity contribution >= 4 is 28.2 Å². The lowest BCUT2D eigenvalue weighted by atomic mass is 9.91. The van der Waals surface area contributed by atoms with Gasteiger partial charge in [-0.1, -0.05) is 23.7 Å². The lowest BCUT2D eigenvalue weighted by Crippen LogP contribution is -2.47. The molecule has 4 aromatic rings. The molecule has 2 N–H and O–H groups in total. The van der Waals surface area contributed by atoms with Gasteiger partial charge in [-0.2, -0.15) is 23.5 Å². The van der Waals surface area contributed by atoms with E-state index in [4.69, 9.17) is 11.6 Å². The molecule has 33 heavy (non-hydrogen) atoms. The first kappa shape index (κ1) is 22.6. The van der Waals surface area contributed by atoms with Crippen molar-refractivity contribution < 1.29 is 22.7 Å². The lowest BCUT2D eigenvalue weighted by molar-refractivity contribution is -0.260. The Bertz CT molecular complexity index is 1360. The van der Waals surface area contributed by atoms with Crippen LogP contribution in [0.3, 0.4) is 0 Å². The average molecular weight is 475 g/mol. The van der Waals surface area contributed by atoms with Crippen LogP contribution in [0.15, 0.2) is 66.9 Å². The summed E-state index contributed by atoms with van der Waals surface area (Å²) in [6.07, 6.45) is -3.68. The van der Waals surface area contributed by atoms with Gasteiger partial charge in [-0.05, 0) is 54.1 Å². The lowest BCUT2D eigenvalue weighted by Gasteiger charge is -2.31. The number of nitriles is 1. The van der Waals surface area contributed by atoms with Crippen molar-refractivity contribution in [2.45, 2.75) is 11.8 Å². The van der Waals surface area contributed by atoms with Crippen LogP contribution in [-0.4, -0.2) is 27.6 Å². The summed E-state index contributed by atoms with van der Waals surface area (Å²) in [6.45, 7) is -0.955. The van der Waals surface area contributed by atoms with Crippen LogP contribution in [0.4, 0.5) is 23.2 Å². The predicted octanol–water partition coefficient (Wildman–Crippen LogP) is 5.55. The van der Waals surface area contributed by atoms with Crippen molar-refractivity contribution in [3.05, 3.63) is 88.8 Å². The van der Waals surface area contributed by atoms with Gasteiger partial charge in [0.15, 0.2) is 0 Å². The summed E-state index contributed by atoms with van der Waals surface area (Å²) in [5.41, 5.74) is -2.64. The van der Waals surface area contributed by atoms with Gasteiger partial charge in [0.05, 0.1) is 40.2 Å². The van der Waals surface area contributed by atoms with E-state index in [1.54, 1.807) is 0 Å². The minimum absolute atomic E-state index is 0.0280. The van der Waals surface area contributed by atoms with Gasteiger partial charge in [-0.25, -0.2) is 9.07 Å². The summed E-state index contributed by atoms with van der Waals surface area (Å²) < 4.78 is 56.7. The maximum atomic E-state index is 14.0. The molecule has 0 aliphatic carbocycles. The minimum atomic E-state index is -5.04.